The van der Waals surface area contributed by atoms with Crippen molar-refractivity contribution in [3.8, 4) is 11.5 Å². The quantitative estimate of drug-likeness (QED) is 0.325. The number of esters is 1. The van der Waals surface area contributed by atoms with Crippen molar-refractivity contribution in [2.24, 2.45) is 0 Å². The van der Waals surface area contributed by atoms with Gasteiger partial charge < -0.3 is 14.2 Å². The zero-order valence-electron chi connectivity index (χ0n) is 15.0. The molecule has 0 unspecified atom stereocenters. The van der Waals surface area contributed by atoms with Crippen LogP contribution in [0.1, 0.15) is 22.3 Å². The third kappa shape index (κ3) is 5.37. The van der Waals surface area contributed by atoms with Crippen molar-refractivity contribution in [1.29, 1.82) is 0 Å². The highest BCUT2D eigenvalue weighted by atomic mass is 32.2. The van der Waals surface area contributed by atoms with Gasteiger partial charge in [0.2, 0.25) is 0 Å². The summed E-state index contributed by atoms with van der Waals surface area (Å²) < 4.78 is 16.2. The molecule has 2 aromatic carbocycles. The van der Waals surface area contributed by atoms with Crippen LogP contribution in [0.2, 0.25) is 0 Å². The normalized spacial score (nSPS) is 13.2. The van der Waals surface area contributed by atoms with E-state index < -0.39 is 5.97 Å². The number of rotatable bonds is 6. The van der Waals surface area contributed by atoms with Crippen LogP contribution >= 0.6 is 11.8 Å². The first kappa shape index (κ1) is 19.0. The largest absolute Gasteiger partial charge is 0.490 e. The van der Waals surface area contributed by atoms with Crippen LogP contribution in [0.15, 0.2) is 53.4 Å². The molecule has 3 rings (SSSR count). The molecular weight excluding hydrogens is 364 g/mol. The molecule has 0 atom stereocenters. The van der Waals surface area contributed by atoms with Gasteiger partial charge in [-0.3, -0.25) is 4.79 Å². The zero-order chi connectivity index (χ0) is 19.1. The van der Waals surface area contributed by atoms with Crippen molar-refractivity contribution in [2.45, 2.75) is 11.3 Å². The highest BCUT2D eigenvalue weighted by molar-refractivity contribution is 7.98. The molecule has 0 saturated heterocycles. The van der Waals surface area contributed by atoms with Crippen molar-refractivity contribution in [2.75, 3.05) is 26.1 Å². The van der Waals surface area contributed by atoms with Crippen molar-refractivity contribution in [1.82, 2.24) is 0 Å². The van der Waals surface area contributed by atoms with E-state index in [4.69, 9.17) is 14.2 Å². The van der Waals surface area contributed by atoms with Crippen LogP contribution in [0, 0.1) is 0 Å². The van der Waals surface area contributed by atoms with E-state index in [0.717, 1.165) is 16.9 Å². The smallest absolute Gasteiger partial charge is 0.331 e. The fourth-order valence-corrected chi connectivity index (χ4v) is 2.89. The van der Waals surface area contributed by atoms with E-state index in [0.29, 0.717) is 30.3 Å². The summed E-state index contributed by atoms with van der Waals surface area (Å²) in [7, 11) is 0. The lowest BCUT2D eigenvalue weighted by Gasteiger charge is -2.08. The van der Waals surface area contributed by atoms with Gasteiger partial charge in [0.15, 0.2) is 23.9 Å². The SMILES string of the molecule is CSc1ccc(/C=C/C(=O)OCC(=O)c2ccc3c(c2)OCCCO3)cc1. The third-order valence-corrected chi connectivity index (χ3v) is 4.69. The number of ketones is 1. The summed E-state index contributed by atoms with van der Waals surface area (Å²) >= 11 is 1.65. The van der Waals surface area contributed by atoms with Crippen LogP contribution in [-0.4, -0.2) is 37.8 Å². The Balaban J connectivity index is 1.54. The third-order valence-electron chi connectivity index (χ3n) is 3.94. The highest BCUT2D eigenvalue weighted by Gasteiger charge is 2.15. The van der Waals surface area contributed by atoms with Crippen molar-refractivity contribution >= 4 is 29.6 Å². The molecule has 0 amide bonds. The Morgan fingerprint density at radius 2 is 1.81 bits per heavy atom. The minimum Gasteiger partial charge on any atom is -0.490 e. The Labute approximate surface area is 162 Å². The van der Waals surface area contributed by atoms with Gasteiger partial charge in [0.05, 0.1) is 13.2 Å². The first-order valence-electron chi connectivity index (χ1n) is 8.57. The van der Waals surface area contributed by atoms with Crippen molar-refractivity contribution in [3.63, 3.8) is 0 Å². The Hall–Kier alpha value is -2.73. The molecule has 6 heteroatoms. The summed E-state index contributed by atoms with van der Waals surface area (Å²) in [6.07, 6.45) is 5.77. The number of ether oxygens (including phenoxy) is 3. The van der Waals surface area contributed by atoms with Gasteiger partial charge >= 0.3 is 5.97 Å². The van der Waals surface area contributed by atoms with E-state index >= 15 is 0 Å². The van der Waals surface area contributed by atoms with Gasteiger partial charge in [0.1, 0.15) is 0 Å². The lowest BCUT2D eigenvalue weighted by molar-refractivity contribution is -0.136. The fourth-order valence-electron chi connectivity index (χ4n) is 2.48. The van der Waals surface area contributed by atoms with Gasteiger partial charge in [-0.2, -0.15) is 0 Å². The fraction of sp³-hybridized carbons (Fsp3) is 0.238. The average Bonchev–Trinajstić information content (AvgIpc) is 2.95. The maximum absolute atomic E-state index is 12.3. The number of benzene rings is 2. The molecule has 0 radical (unpaired) electrons. The van der Waals surface area contributed by atoms with Gasteiger partial charge in [-0.1, -0.05) is 12.1 Å². The standard InChI is InChI=1S/C21H20O5S/c1-27-17-7-3-15(4-8-17)5-10-21(23)26-14-18(22)16-6-9-19-20(13-16)25-12-2-11-24-19/h3-10,13H,2,11-12,14H2,1H3/b10-5+. The Morgan fingerprint density at radius 3 is 2.56 bits per heavy atom. The molecule has 0 fully saturated rings. The number of carbonyl (C=O) groups excluding carboxylic acids is 2. The molecule has 0 spiro atoms. The molecule has 1 aliphatic rings. The number of carbonyl (C=O) groups is 2. The molecule has 5 nitrogen and oxygen atoms in total. The van der Waals surface area contributed by atoms with Crippen LogP contribution in [0.5, 0.6) is 11.5 Å². The summed E-state index contributed by atoms with van der Waals surface area (Å²) in [5.41, 5.74) is 1.31. The molecule has 1 heterocycles. The Bertz CT molecular complexity index is 842. The first-order valence-corrected chi connectivity index (χ1v) is 9.80. The van der Waals surface area contributed by atoms with Gasteiger partial charge in [-0.15, -0.1) is 11.8 Å². The van der Waals surface area contributed by atoms with Gasteiger partial charge in [0.25, 0.3) is 0 Å². The molecule has 0 N–H and O–H groups in total. The highest BCUT2D eigenvalue weighted by Crippen LogP contribution is 2.30. The number of hydrogen-bond acceptors (Lipinski definition) is 6. The van der Waals surface area contributed by atoms with Crippen LogP contribution in [0.3, 0.4) is 0 Å². The minimum atomic E-state index is -0.563. The van der Waals surface area contributed by atoms with Crippen molar-refractivity contribution < 1.29 is 23.8 Å². The molecular formula is C21H20O5S. The first-order chi connectivity index (χ1) is 13.2. The Kier molecular flexibility index (Phi) is 6.54. The lowest BCUT2D eigenvalue weighted by Crippen LogP contribution is -2.12. The van der Waals surface area contributed by atoms with Crippen LogP contribution < -0.4 is 9.47 Å². The van der Waals surface area contributed by atoms with E-state index in [-0.39, 0.29) is 12.4 Å². The van der Waals surface area contributed by atoms with E-state index in [9.17, 15) is 9.59 Å². The maximum atomic E-state index is 12.3. The van der Waals surface area contributed by atoms with Crippen LogP contribution in [0.25, 0.3) is 6.08 Å². The summed E-state index contributed by atoms with van der Waals surface area (Å²) in [5.74, 6) is 0.304. The zero-order valence-corrected chi connectivity index (χ0v) is 15.8. The second kappa shape index (κ2) is 9.28. The topological polar surface area (TPSA) is 61.8 Å². The summed E-state index contributed by atoms with van der Waals surface area (Å²) in [5, 5.41) is 0. The Morgan fingerprint density at radius 1 is 1.07 bits per heavy atom. The van der Waals surface area contributed by atoms with Crippen LogP contribution in [0.4, 0.5) is 0 Å². The summed E-state index contributed by atoms with van der Waals surface area (Å²) in [4.78, 5) is 25.3. The molecule has 1 aliphatic heterocycles. The number of hydrogen-bond donors (Lipinski definition) is 0. The molecule has 0 aromatic heterocycles. The number of Topliss-reactive ketones (excluding diaryl/α,β-unsaturated/α-hetero) is 1. The number of fused-ring (bicyclic) bond motifs is 1. The molecule has 140 valence electrons. The van der Waals surface area contributed by atoms with E-state index in [1.165, 1.54) is 6.08 Å². The van der Waals surface area contributed by atoms with Crippen molar-refractivity contribution in [3.05, 3.63) is 59.7 Å². The average molecular weight is 384 g/mol. The molecule has 2 aromatic rings. The molecule has 27 heavy (non-hydrogen) atoms. The predicted molar refractivity (Wildman–Crippen MR) is 105 cm³/mol. The predicted octanol–water partition coefficient (Wildman–Crippen LogP) is 4.01. The van der Waals surface area contributed by atoms with Crippen LogP contribution in [-0.2, 0) is 9.53 Å². The monoisotopic (exact) mass is 384 g/mol. The minimum absolute atomic E-state index is 0.295. The lowest BCUT2D eigenvalue weighted by atomic mass is 10.1. The molecule has 0 bridgehead atoms. The maximum Gasteiger partial charge on any atom is 0.331 e. The second-order valence-corrected chi connectivity index (χ2v) is 6.73. The number of thioether (sulfide) groups is 1. The van der Waals surface area contributed by atoms with E-state index in [1.807, 2.05) is 30.5 Å². The summed E-state index contributed by atoms with van der Waals surface area (Å²) in [6.45, 7) is 0.806. The van der Waals surface area contributed by atoms with Gasteiger partial charge in [0, 0.05) is 23.0 Å². The second-order valence-electron chi connectivity index (χ2n) is 5.85. The molecule has 0 saturated carbocycles. The van der Waals surface area contributed by atoms with E-state index in [1.54, 1.807) is 36.0 Å². The summed E-state index contributed by atoms with van der Waals surface area (Å²) in [6, 6.07) is 12.8. The van der Waals surface area contributed by atoms with Gasteiger partial charge in [-0.05, 0) is 48.2 Å². The van der Waals surface area contributed by atoms with Gasteiger partial charge in [-0.25, -0.2) is 4.79 Å². The molecule has 0 aliphatic carbocycles. The van der Waals surface area contributed by atoms with E-state index in [2.05, 4.69) is 0 Å².